The third-order valence-electron chi connectivity index (χ3n) is 5.61. The van der Waals surface area contributed by atoms with Crippen molar-refractivity contribution in [2.75, 3.05) is 4.90 Å². The summed E-state index contributed by atoms with van der Waals surface area (Å²) in [5, 5.41) is 11.2. The first-order valence-electron chi connectivity index (χ1n) is 10.1. The fourth-order valence-corrected chi connectivity index (χ4v) is 4.13. The molecule has 0 aromatic heterocycles. The van der Waals surface area contributed by atoms with E-state index >= 15 is 0 Å². The molecule has 1 saturated heterocycles. The highest BCUT2D eigenvalue weighted by Gasteiger charge is 2.46. The van der Waals surface area contributed by atoms with E-state index in [1.54, 1.807) is 24.3 Å². The minimum absolute atomic E-state index is 0.0971. The van der Waals surface area contributed by atoms with Gasteiger partial charge in [-0.1, -0.05) is 71.4 Å². The van der Waals surface area contributed by atoms with Crippen LogP contribution < -0.4 is 4.90 Å². The number of hydrogen-bond acceptors (Lipinski definition) is 3. The van der Waals surface area contributed by atoms with Crippen LogP contribution in [0.15, 0.2) is 82.8 Å². The number of aliphatic hydroxyl groups excluding tert-OH is 1. The normalized spacial score (nSPS) is 17.9. The van der Waals surface area contributed by atoms with Gasteiger partial charge in [-0.25, -0.2) is 0 Å². The third-order valence-corrected chi connectivity index (χ3v) is 6.50. The second-order valence-corrected chi connectivity index (χ2v) is 8.42. The lowest BCUT2D eigenvalue weighted by atomic mass is 9.94. The van der Waals surface area contributed by atoms with Crippen LogP contribution in [0.1, 0.15) is 35.2 Å². The van der Waals surface area contributed by atoms with E-state index < -0.39 is 17.7 Å². The molecular weight excluding hydrogens is 454 g/mol. The maximum absolute atomic E-state index is 13.1. The van der Waals surface area contributed by atoms with E-state index in [2.05, 4.69) is 22.9 Å². The summed E-state index contributed by atoms with van der Waals surface area (Å²) in [6.07, 6.45) is 0.886. The second-order valence-electron chi connectivity index (χ2n) is 7.56. The van der Waals surface area contributed by atoms with Crippen molar-refractivity contribution in [3.8, 4) is 0 Å². The SMILES string of the molecule is CCc1ccc(C2/C(=C(/O)c3ccc(Br)c(C)c3)C(=O)C(=O)N2c2ccccc2)cc1. The van der Waals surface area contributed by atoms with Crippen LogP contribution in [0.4, 0.5) is 5.69 Å². The first kappa shape index (κ1) is 21.1. The Morgan fingerprint density at radius 1 is 1.00 bits per heavy atom. The van der Waals surface area contributed by atoms with Crippen LogP contribution in [0.25, 0.3) is 5.76 Å². The van der Waals surface area contributed by atoms with Crippen LogP contribution in [0.2, 0.25) is 0 Å². The number of hydrogen-bond donors (Lipinski definition) is 1. The molecule has 156 valence electrons. The van der Waals surface area contributed by atoms with E-state index in [9.17, 15) is 14.7 Å². The van der Waals surface area contributed by atoms with Gasteiger partial charge in [0.2, 0.25) is 0 Å². The molecule has 4 nitrogen and oxygen atoms in total. The molecular formula is C26H22BrNO3. The lowest BCUT2D eigenvalue weighted by Gasteiger charge is -2.25. The molecule has 1 fully saturated rings. The summed E-state index contributed by atoms with van der Waals surface area (Å²) in [7, 11) is 0. The molecule has 0 aliphatic carbocycles. The highest BCUT2D eigenvalue weighted by molar-refractivity contribution is 9.10. The van der Waals surface area contributed by atoms with E-state index in [4.69, 9.17) is 0 Å². The molecule has 0 spiro atoms. The largest absolute Gasteiger partial charge is 0.507 e. The van der Waals surface area contributed by atoms with Gasteiger partial charge in [0, 0.05) is 15.7 Å². The van der Waals surface area contributed by atoms with Gasteiger partial charge in [-0.05, 0) is 54.3 Å². The molecule has 1 unspecified atom stereocenters. The number of carbonyl (C=O) groups is 2. The Kier molecular flexibility index (Phi) is 5.79. The summed E-state index contributed by atoms with van der Waals surface area (Å²) in [4.78, 5) is 27.7. The van der Waals surface area contributed by atoms with E-state index in [-0.39, 0.29) is 11.3 Å². The van der Waals surface area contributed by atoms with E-state index in [1.165, 1.54) is 4.90 Å². The van der Waals surface area contributed by atoms with Gasteiger partial charge >= 0.3 is 0 Å². The smallest absolute Gasteiger partial charge is 0.300 e. The van der Waals surface area contributed by atoms with E-state index in [0.717, 1.165) is 27.6 Å². The number of aryl methyl sites for hydroxylation is 2. The molecule has 0 radical (unpaired) electrons. The second kappa shape index (κ2) is 8.52. The maximum Gasteiger partial charge on any atom is 0.300 e. The molecule has 1 aliphatic heterocycles. The minimum atomic E-state index is -0.711. The lowest BCUT2D eigenvalue weighted by Crippen LogP contribution is -2.29. The van der Waals surface area contributed by atoms with Gasteiger partial charge in [0.15, 0.2) is 0 Å². The summed E-state index contributed by atoms with van der Waals surface area (Å²) >= 11 is 3.46. The summed E-state index contributed by atoms with van der Waals surface area (Å²) in [6, 6.07) is 21.6. The molecule has 31 heavy (non-hydrogen) atoms. The Hall–Kier alpha value is -3.18. The zero-order valence-electron chi connectivity index (χ0n) is 17.3. The Bertz CT molecular complexity index is 1180. The molecule has 0 bridgehead atoms. The van der Waals surface area contributed by atoms with Crippen LogP contribution >= 0.6 is 15.9 Å². The number of nitrogens with zero attached hydrogens (tertiary/aromatic N) is 1. The van der Waals surface area contributed by atoms with E-state index in [1.807, 2.05) is 55.5 Å². The van der Waals surface area contributed by atoms with Crippen LogP contribution in [0.5, 0.6) is 0 Å². The average molecular weight is 476 g/mol. The molecule has 3 aromatic rings. The first-order chi connectivity index (χ1) is 14.9. The molecule has 1 heterocycles. The van der Waals surface area contributed by atoms with Crippen molar-refractivity contribution in [2.45, 2.75) is 26.3 Å². The fourth-order valence-electron chi connectivity index (χ4n) is 3.89. The van der Waals surface area contributed by atoms with Gasteiger partial charge in [0.1, 0.15) is 5.76 Å². The van der Waals surface area contributed by atoms with Crippen molar-refractivity contribution in [3.05, 3.63) is 105 Å². The van der Waals surface area contributed by atoms with Gasteiger partial charge in [0.05, 0.1) is 11.6 Å². The van der Waals surface area contributed by atoms with Crippen molar-refractivity contribution >= 4 is 39.1 Å². The molecule has 3 aromatic carbocycles. The standard InChI is InChI=1S/C26H22BrNO3/c1-3-17-9-11-18(12-10-17)23-22(24(29)19-13-14-21(27)16(2)15-19)25(30)26(31)28(23)20-7-5-4-6-8-20/h4-15,23,29H,3H2,1-2H3/b24-22-. The average Bonchev–Trinajstić information content (AvgIpc) is 3.06. The van der Waals surface area contributed by atoms with Crippen molar-refractivity contribution in [1.82, 2.24) is 0 Å². The van der Waals surface area contributed by atoms with Gasteiger partial charge in [-0.2, -0.15) is 0 Å². The topological polar surface area (TPSA) is 57.6 Å². The van der Waals surface area contributed by atoms with Crippen molar-refractivity contribution < 1.29 is 14.7 Å². The summed E-state index contributed by atoms with van der Waals surface area (Å²) in [6.45, 7) is 3.98. The van der Waals surface area contributed by atoms with Gasteiger partial charge in [-0.15, -0.1) is 0 Å². The number of aliphatic hydroxyl groups is 1. The van der Waals surface area contributed by atoms with Crippen molar-refractivity contribution in [1.29, 1.82) is 0 Å². The van der Waals surface area contributed by atoms with Gasteiger partial charge in [0.25, 0.3) is 11.7 Å². The zero-order chi connectivity index (χ0) is 22.1. The lowest BCUT2D eigenvalue weighted by molar-refractivity contribution is -0.132. The summed E-state index contributed by atoms with van der Waals surface area (Å²) in [5.41, 5.74) is 4.06. The van der Waals surface area contributed by atoms with Crippen LogP contribution in [0.3, 0.4) is 0 Å². The predicted octanol–water partition coefficient (Wildman–Crippen LogP) is 5.95. The number of Topliss-reactive ketones (excluding diaryl/α,β-unsaturated/α-hetero) is 1. The quantitative estimate of drug-likeness (QED) is 0.288. The number of ketones is 1. The highest BCUT2D eigenvalue weighted by atomic mass is 79.9. The predicted molar refractivity (Wildman–Crippen MR) is 126 cm³/mol. The number of rotatable bonds is 4. The highest BCUT2D eigenvalue weighted by Crippen LogP contribution is 2.42. The third kappa shape index (κ3) is 3.81. The van der Waals surface area contributed by atoms with Crippen molar-refractivity contribution in [2.24, 2.45) is 0 Å². The Morgan fingerprint density at radius 3 is 2.29 bits per heavy atom. The number of anilines is 1. The van der Waals surface area contributed by atoms with Crippen LogP contribution in [-0.2, 0) is 16.0 Å². The van der Waals surface area contributed by atoms with Gasteiger partial charge < -0.3 is 5.11 Å². The fraction of sp³-hybridized carbons (Fsp3) is 0.154. The Balaban J connectivity index is 1.93. The number of para-hydroxylation sites is 1. The molecule has 5 heteroatoms. The van der Waals surface area contributed by atoms with Crippen LogP contribution in [-0.4, -0.2) is 16.8 Å². The molecule has 1 N–H and O–H groups in total. The molecule has 1 atom stereocenters. The number of carbonyl (C=O) groups excluding carboxylic acids is 2. The van der Waals surface area contributed by atoms with Crippen LogP contribution in [0, 0.1) is 6.92 Å². The molecule has 4 rings (SSSR count). The summed E-state index contributed by atoms with van der Waals surface area (Å²) < 4.78 is 0.903. The first-order valence-corrected chi connectivity index (χ1v) is 10.9. The number of benzene rings is 3. The summed E-state index contributed by atoms with van der Waals surface area (Å²) in [5.74, 6) is -1.51. The Labute approximate surface area is 190 Å². The molecule has 1 amide bonds. The zero-order valence-corrected chi connectivity index (χ0v) is 18.9. The number of halogens is 1. The van der Waals surface area contributed by atoms with Crippen molar-refractivity contribution in [3.63, 3.8) is 0 Å². The Morgan fingerprint density at radius 2 is 1.68 bits per heavy atom. The minimum Gasteiger partial charge on any atom is -0.507 e. The number of amides is 1. The molecule has 1 aliphatic rings. The monoisotopic (exact) mass is 475 g/mol. The van der Waals surface area contributed by atoms with E-state index in [0.29, 0.717) is 11.3 Å². The molecule has 0 saturated carbocycles. The van der Waals surface area contributed by atoms with Gasteiger partial charge in [-0.3, -0.25) is 14.5 Å². The maximum atomic E-state index is 13.1.